The molecule has 0 fully saturated rings. The van der Waals surface area contributed by atoms with Crippen LogP contribution in [0, 0.1) is 0 Å². The molecule has 1 N–H and O–H groups in total. The molecule has 0 saturated carbocycles. The van der Waals surface area contributed by atoms with Gasteiger partial charge in [0.1, 0.15) is 0 Å². The molecule has 3 rings (SSSR count). The topological polar surface area (TPSA) is 86.8 Å². The molecule has 0 aliphatic carbocycles. The van der Waals surface area contributed by atoms with E-state index < -0.39 is 10.0 Å². The van der Waals surface area contributed by atoms with Gasteiger partial charge in [-0.15, -0.1) is 0 Å². The Kier molecular flexibility index (Phi) is 7.82. The first-order valence-corrected chi connectivity index (χ1v) is 12.2. The predicted octanol–water partition coefficient (Wildman–Crippen LogP) is 2.87. The fraction of sp³-hybridized carbons (Fsp3) is 0.333. The third kappa shape index (κ3) is 5.44. The van der Waals surface area contributed by atoms with Gasteiger partial charge in [-0.2, -0.15) is 4.31 Å². The minimum atomic E-state index is -3.51. The maximum atomic E-state index is 12.6. The van der Waals surface area contributed by atoms with Crippen molar-refractivity contribution < 1.29 is 18.0 Å². The van der Waals surface area contributed by atoms with E-state index in [-0.39, 0.29) is 23.3 Å². The summed E-state index contributed by atoms with van der Waals surface area (Å²) in [5.74, 6) is -0.609. The van der Waals surface area contributed by atoms with E-state index in [4.69, 9.17) is 0 Å². The summed E-state index contributed by atoms with van der Waals surface area (Å²) in [6, 6.07) is 14.2. The zero-order valence-electron chi connectivity index (χ0n) is 18.5. The van der Waals surface area contributed by atoms with Crippen molar-refractivity contribution in [3.05, 3.63) is 71.8 Å². The van der Waals surface area contributed by atoms with Crippen molar-refractivity contribution in [2.75, 3.05) is 24.5 Å². The molecule has 0 unspecified atom stereocenters. The lowest BCUT2D eigenvalue weighted by atomic mass is 10.0. The molecule has 1 aliphatic rings. The second kappa shape index (κ2) is 10.6. The number of carbonyl (C=O) groups excluding carboxylic acids is 2. The van der Waals surface area contributed by atoms with Crippen LogP contribution in [0.15, 0.2) is 65.6 Å². The van der Waals surface area contributed by atoms with E-state index in [1.807, 2.05) is 24.3 Å². The molecule has 0 aromatic heterocycles. The number of fused-ring (bicyclic) bond motifs is 1. The first-order valence-electron chi connectivity index (χ1n) is 10.8. The van der Waals surface area contributed by atoms with Gasteiger partial charge in [-0.3, -0.25) is 9.59 Å². The Labute approximate surface area is 189 Å². The van der Waals surface area contributed by atoms with Gasteiger partial charge in [0.05, 0.1) is 4.90 Å². The number of nitrogens with one attached hydrogen (secondary N) is 1. The van der Waals surface area contributed by atoms with Gasteiger partial charge in [-0.1, -0.05) is 44.2 Å². The van der Waals surface area contributed by atoms with Gasteiger partial charge in [0.25, 0.3) is 5.91 Å². The summed E-state index contributed by atoms with van der Waals surface area (Å²) in [6.45, 7) is 5.27. The number of para-hydroxylation sites is 1. The van der Waals surface area contributed by atoms with Crippen molar-refractivity contribution in [2.24, 2.45) is 0 Å². The third-order valence-corrected chi connectivity index (χ3v) is 7.55. The smallest absolute Gasteiger partial charge is 0.251 e. The number of sulfonamides is 1. The van der Waals surface area contributed by atoms with Crippen molar-refractivity contribution in [2.45, 2.75) is 38.1 Å². The minimum absolute atomic E-state index is 0.224. The molecule has 0 saturated heterocycles. The summed E-state index contributed by atoms with van der Waals surface area (Å²) in [5.41, 5.74) is 2.80. The second-order valence-corrected chi connectivity index (χ2v) is 9.44. The molecule has 32 heavy (non-hydrogen) atoms. The molecular formula is C24H29N3O4S. The SMILES string of the molecule is CCN(CC)S(=O)(=O)c1ccc(CNC(=O)/C=C/C(=O)N2CCCc3ccccc32)cc1. The van der Waals surface area contributed by atoms with Crippen molar-refractivity contribution in [1.82, 2.24) is 9.62 Å². The maximum Gasteiger partial charge on any atom is 0.251 e. The lowest BCUT2D eigenvalue weighted by Gasteiger charge is -2.28. The van der Waals surface area contributed by atoms with Gasteiger partial charge in [0.15, 0.2) is 0 Å². The Morgan fingerprint density at radius 3 is 2.41 bits per heavy atom. The van der Waals surface area contributed by atoms with E-state index in [1.54, 1.807) is 43.0 Å². The van der Waals surface area contributed by atoms with Crippen LogP contribution in [0.1, 0.15) is 31.4 Å². The van der Waals surface area contributed by atoms with Crippen LogP contribution in [0.25, 0.3) is 0 Å². The fourth-order valence-electron chi connectivity index (χ4n) is 3.74. The van der Waals surface area contributed by atoms with Crippen LogP contribution in [0.2, 0.25) is 0 Å². The monoisotopic (exact) mass is 455 g/mol. The van der Waals surface area contributed by atoms with E-state index in [2.05, 4.69) is 5.32 Å². The molecule has 0 spiro atoms. The number of aryl methyl sites for hydroxylation is 1. The third-order valence-electron chi connectivity index (χ3n) is 5.49. The number of hydrogen-bond donors (Lipinski definition) is 1. The van der Waals surface area contributed by atoms with Crippen molar-refractivity contribution in [3.63, 3.8) is 0 Å². The lowest BCUT2D eigenvalue weighted by Crippen LogP contribution is -2.34. The molecule has 2 amide bonds. The highest BCUT2D eigenvalue weighted by atomic mass is 32.2. The molecule has 0 radical (unpaired) electrons. The molecule has 0 atom stereocenters. The molecule has 1 aliphatic heterocycles. The Balaban J connectivity index is 1.56. The standard InChI is InChI=1S/C24H29N3O4S/c1-3-26(4-2)32(30,31)21-13-11-19(12-14-21)18-25-23(28)15-16-24(29)27-17-7-9-20-8-5-6-10-22(20)27/h5-6,8,10-16H,3-4,7,9,17-18H2,1-2H3,(H,25,28)/b16-15+. The number of hydrogen-bond acceptors (Lipinski definition) is 4. The van der Waals surface area contributed by atoms with E-state index in [0.717, 1.165) is 29.7 Å². The summed E-state index contributed by atoms with van der Waals surface area (Å²) >= 11 is 0. The first-order chi connectivity index (χ1) is 15.4. The minimum Gasteiger partial charge on any atom is -0.348 e. The second-order valence-electron chi connectivity index (χ2n) is 7.51. The summed E-state index contributed by atoms with van der Waals surface area (Å²) in [6.07, 6.45) is 4.36. The van der Waals surface area contributed by atoms with Crippen LogP contribution in [-0.2, 0) is 32.6 Å². The molecular weight excluding hydrogens is 426 g/mol. The molecule has 2 aromatic carbocycles. The van der Waals surface area contributed by atoms with Crippen molar-refractivity contribution >= 4 is 27.5 Å². The van der Waals surface area contributed by atoms with Crippen LogP contribution >= 0.6 is 0 Å². The average Bonchev–Trinajstić information content (AvgIpc) is 2.81. The number of benzene rings is 2. The average molecular weight is 456 g/mol. The van der Waals surface area contributed by atoms with Crippen LogP contribution < -0.4 is 10.2 Å². The molecule has 7 nitrogen and oxygen atoms in total. The first kappa shape index (κ1) is 23.7. The Morgan fingerprint density at radius 1 is 1.03 bits per heavy atom. The van der Waals surface area contributed by atoms with Gasteiger partial charge >= 0.3 is 0 Å². The van der Waals surface area contributed by atoms with Crippen LogP contribution in [0.4, 0.5) is 5.69 Å². The van der Waals surface area contributed by atoms with Crippen LogP contribution in [-0.4, -0.2) is 44.2 Å². The van der Waals surface area contributed by atoms with Crippen LogP contribution in [0.5, 0.6) is 0 Å². The van der Waals surface area contributed by atoms with E-state index >= 15 is 0 Å². The summed E-state index contributed by atoms with van der Waals surface area (Å²) in [4.78, 5) is 26.7. The highest BCUT2D eigenvalue weighted by Gasteiger charge is 2.22. The van der Waals surface area contributed by atoms with Crippen molar-refractivity contribution in [3.8, 4) is 0 Å². The molecule has 170 valence electrons. The Morgan fingerprint density at radius 2 is 1.72 bits per heavy atom. The Hall–Kier alpha value is -2.97. The zero-order valence-corrected chi connectivity index (χ0v) is 19.3. The number of anilines is 1. The number of carbonyl (C=O) groups is 2. The number of nitrogens with zero attached hydrogens (tertiary/aromatic N) is 2. The van der Waals surface area contributed by atoms with E-state index in [9.17, 15) is 18.0 Å². The predicted molar refractivity (Wildman–Crippen MR) is 125 cm³/mol. The van der Waals surface area contributed by atoms with Gasteiger partial charge in [0.2, 0.25) is 15.9 Å². The summed E-state index contributed by atoms with van der Waals surface area (Å²) < 4.78 is 26.5. The van der Waals surface area contributed by atoms with Crippen LogP contribution in [0.3, 0.4) is 0 Å². The number of rotatable bonds is 8. The molecule has 0 bridgehead atoms. The quantitative estimate of drug-likeness (QED) is 0.620. The normalized spacial score (nSPS) is 13.9. The number of amides is 2. The van der Waals surface area contributed by atoms with E-state index in [0.29, 0.717) is 19.6 Å². The molecule has 8 heteroatoms. The fourth-order valence-corrected chi connectivity index (χ4v) is 5.20. The van der Waals surface area contributed by atoms with Gasteiger partial charge in [-0.25, -0.2) is 8.42 Å². The zero-order chi connectivity index (χ0) is 23.1. The largest absolute Gasteiger partial charge is 0.348 e. The summed E-state index contributed by atoms with van der Waals surface area (Å²) in [7, 11) is -3.51. The molecule has 2 aromatic rings. The summed E-state index contributed by atoms with van der Waals surface area (Å²) in [5, 5.41) is 2.72. The van der Waals surface area contributed by atoms with Gasteiger partial charge < -0.3 is 10.2 Å². The molecule has 1 heterocycles. The lowest BCUT2D eigenvalue weighted by molar-refractivity contribution is -0.118. The van der Waals surface area contributed by atoms with Crippen molar-refractivity contribution in [1.29, 1.82) is 0 Å². The van der Waals surface area contributed by atoms with E-state index in [1.165, 1.54) is 16.5 Å². The highest BCUT2D eigenvalue weighted by Crippen LogP contribution is 2.26. The highest BCUT2D eigenvalue weighted by molar-refractivity contribution is 7.89. The Bertz CT molecular complexity index is 1090. The van der Waals surface area contributed by atoms with Gasteiger partial charge in [-0.05, 0) is 42.2 Å². The van der Waals surface area contributed by atoms with Gasteiger partial charge in [0, 0.05) is 44.0 Å². The maximum absolute atomic E-state index is 12.6.